The Morgan fingerprint density at radius 2 is 2.17 bits per heavy atom. The number of nitrogen functional groups attached to an aromatic ring is 1. The number of carbonyl (C=O) groups is 1. The van der Waals surface area contributed by atoms with E-state index in [-0.39, 0.29) is 5.82 Å². The topological polar surface area (TPSA) is 124 Å². The van der Waals surface area contributed by atoms with Crippen LogP contribution in [0.5, 0.6) is 0 Å². The molecule has 1 amide bonds. The lowest BCUT2D eigenvalue weighted by Gasteiger charge is -2.12. The first-order chi connectivity index (χ1) is 11.3. The van der Waals surface area contributed by atoms with Gasteiger partial charge in [0.25, 0.3) is 0 Å². The number of alkyl halides is 3. The molecule has 1 unspecified atom stereocenters. The fraction of sp³-hybridized carbons (Fsp3) is 0.308. The number of nitrogens with one attached hydrogen (secondary N) is 2. The Labute approximate surface area is 134 Å². The number of fused-ring (bicyclic) bond motifs is 1. The zero-order chi connectivity index (χ0) is 17.9. The van der Waals surface area contributed by atoms with Gasteiger partial charge in [-0.1, -0.05) is 11.8 Å². The molecule has 0 fully saturated rings. The maximum absolute atomic E-state index is 12.1. The molecule has 11 heteroatoms. The summed E-state index contributed by atoms with van der Waals surface area (Å²) in [6, 6.07) is 0. The highest BCUT2D eigenvalue weighted by Gasteiger charge is 2.38. The number of hydrogen-bond acceptors (Lipinski definition) is 6. The Morgan fingerprint density at radius 1 is 1.46 bits per heavy atom. The van der Waals surface area contributed by atoms with Crippen molar-refractivity contribution in [1.82, 2.24) is 25.2 Å². The molecule has 128 valence electrons. The molecule has 2 aromatic heterocycles. The van der Waals surface area contributed by atoms with Crippen LogP contribution in [0.15, 0.2) is 12.5 Å². The monoisotopic (exact) mass is 341 g/mol. The molecule has 2 aromatic rings. The smallest absolute Gasteiger partial charge is 0.383 e. The van der Waals surface area contributed by atoms with Gasteiger partial charge in [0.05, 0.1) is 17.5 Å². The van der Waals surface area contributed by atoms with E-state index in [4.69, 9.17) is 11.5 Å². The van der Waals surface area contributed by atoms with Crippen LogP contribution in [-0.2, 0) is 4.79 Å². The molecule has 0 bridgehead atoms. The lowest BCUT2D eigenvalue weighted by molar-refractivity contribution is -0.173. The highest BCUT2D eigenvalue weighted by Crippen LogP contribution is 2.24. The highest BCUT2D eigenvalue weighted by molar-refractivity contribution is 5.92. The molecule has 0 spiro atoms. The summed E-state index contributed by atoms with van der Waals surface area (Å²) in [7, 11) is 1.64. The van der Waals surface area contributed by atoms with Crippen LogP contribution >= 0.6 is 0 Å². The zero-order valence-corrected chi connectivity index (χ0v) is 12.5. The van der Waals surface area contributed by atoms with Gasteiger partial charge < -0.3 is 15.6 Å². The van der Waals surface area contributed by atoms with Gasteiger partial charge in [-0.25, -0.2) is 9.97 Å². The van der Waals surface area contributed by atoms with Crippen LogP contribution in [0.4, 0.5) is 19.0 Å². The SMILES string of the molecule is CNC(N)n1cc(C#CCNC(=O)C(F)(F)F)c2c(N)ncnc21. The van der Waals surface area contributed by atoms with Gasteiger partial charge in [-0.2, -0.15) is 13.2 Å². The molecule has 0 saturated heterocycles. The number of nitrogens with zero attached hydrogens (tertiary/aromatic N) is 3. The van der Waals surface area contributed by atoms with E-state index < -0.39 is 24.9 Å². The lowest BCUT2D eigenvalue weighted by atomic mass is 10.2. The summed E-state index contributed by atoms with van der Waals surface area (Å²) < 4.78 is 37.8. The van der Waals surface area contributed by atoms with Crippen LogP contribution in [0.25, 0.3) is 11.0 Å². The molecule has 24 heavy (non-hydrogen) atoms. The molecule has 0 radical (unpaired) electrons. The molecule has 8 nitrogen and oxygen atoms in total. The minimum absolute atomic E-state index is 0.158. The van der Waals surface area contributed by atoms with Crippen molar-refractivity contribution in [3.63, 3.8) is 0 Å². The van der Waals surface area contributed by atoms with Gasteiger partial charge in [-0.15, -0.1) is 0 Å². The third-order valence-electron chi connectivity index (χ3n) is 3.05. The molecule has 2 rings (SSSR count). The molecule has 0 aromatic carbocycles. The van der Waals surface area contributed by atoms with Crippen LogP contribution in [0, 0.1) is 11.8 Å². The maximum Gasteiger partial charge on any atom is 0.471 e. The highest BCUT2D eigenvalue weighted by atomic mass is 19.4. The van der Waals surface area contributed by atoms with Crippen molar-refractivity contribution in [2.45, 2.75) is 12.5 Å². The van der Waals surface area contributed by atoms with E-state index in [9.17, 15) is 18.0 Å². The Hall–Kier alpha value is -2.84. The molecular weight excluding hydrogens is 327 g/mol. The second-order valence-electron chi connectivity index (χ2n) is 4.62. The number of carbonyl (C=O) groups excluding carboxylic acids is 1. The van der Waals surface area contributed by atoms with Gasteiger partial charge in [-0.05, 0) is 7.05 Å². The first-order valence-electron chi connectivity index (χ1n) is 6.63. The summed E-state index contributed by atoms with van der Waals surface area (Å²) in [5.41, 5.74) is 12.5. The van der Waals surface area contributed by atoms with Crippen molar-refractivity contribution in [1.29, 1.82) is 0 Å². The van der Waals surface area contributed by atoms with Gasteiger partial charge in [0.2, 0.25) is 0 Å². The third-order valence-corrected chi connectivity index (χ3v) is 3.05. The number of anilines is 1. The average Bonchev–Trinajstić information content (AvgIpc) is 2.90. The second kappa shape index (κ2) is 6.73. The molecule has 0 aliphatic carbocycles. The Kier molecular flexibility index (Phi) is 4.91. The normalized spacial score (nSPS) is 12.5. The van der Waals surface area contributed by atoms with Crippen molar-refractivity contribution in [3.05, 3.63) is 18.1 Å². The molecule has 0 aliphatic rings. The van der Waals surface area contributed by atoms with E-state index in [0.717, 1.165) is 0 Å². The van der Waals surface area contributed by atoms with E-state index in [1.807, 2.05) is 0 Å². The van der Waals surface area contributed by atoms with E-state index in [1.165, 1.54) is 6.33 Å². The Morgan fingerprint density at radius 3 is 2.79 bits per heavy atom. The number of rotatable bonds is 3. The largest absolute Gasteiger partial charge is 0.471 e. The van der Waals surface area contributed by atoms with Crippen molar-refractivity contribution < 1.29 is 18.0 Å². The fourth-order valence-electron chi connectivity index (χ4n) is 1.92. The Balaban J connectivity index is 2.30. The number of halogens is 3. The molecule has 0 aliphatic heterocycles. The summed E-state index contributed by atoms with van der Waals surface area (Å²) in [5.74, 6) is 3.17. The van der Waals surface area contributed by atoms with Crippen LogP contribution in [0.2, 0.25) is 0 Å². The van der Waals surface area contributed by atoms with Crippen LogP contribution in [-0.4, -0.2) is 40.2 Å². The second-order valence-corrected chi connectivity index (χ2v) is 4.62. The van der Waals surface area contributed by atoms with Crippen LogP contribution in [0.3, 0.4) is 0 Å². The Bertz CT molecular complexity index is 819. The molecule has 2 heterocycles. The zero-order valence-electron chi connectivity index (χ0n) is 12.5. The van der Waals surface area contributed by atoms with Crippen LogP contribution in [0.1, 0.15) is 11.9 Å². The van der Waals surface area contributed by atoms with Crippen molar-refractivity contribution in [2.24, 2.45) is 5.73 Å². The number of amides is 1. The molecular formula is C13H14F3N7O. The van der Waals surface area contributed by atoms with E-state index >= 15 is 0 Å². The van der Waals surface area contributed by atoms with Crippen molar-refractivity contribution in [2.75, 3.05) is 19.3 Å². The average molecular weight is 341 g/mol. The molecule has 6 N–H and O–H groups in total. The molecule has 0 saturated carbocycles. The van der Waals surface area contributed by atoms with Gasteiger partial charge in [0.1, 0.15) is 24.1 Å². The standard InChI is InChI=1S/C13H14F3N7O/c1-19-12(18)23-5-7(8-9(17)21-6-22-10(8)23)3-2-4-20-11(24)13(14,15)16/h5-6,12,19H,4,18H2,1H3,(H,20,24)(H2,17,21,22). The first kappa shape index (κ1) is 17.5. The minimum Gasteiger partial charge on any atom is -0.383 e. The van der Waals surface area contributed by atoms with Gasteiger partial charge in [0, 0.05) is 6.20 Å². The van der Waals surface area contributed by atoms with Crippen LogP contribution < -0.4 is 22.1 Å². The number of nitrogens with two attached hydrogens (primary N) is 2. The van der Waals surface area contributed by atoms with Crippen molar-refractivity contribution >= 4 is 22.8 Å². The minimum atomic E-state index is -4.95. The predicted octanol–water partition coefficient (Wildman–Crippen LogP) is -0.322. The van der Waals surface area contributed by atoms with Gasteiger partial charge >= 0.3 is 12.1 Å². The number of aromatic nitrogens is 3. The van der Waals surface area contributed by atoms with Gasteiger partial charge in [-0.3, -0.25) is 15.8 Å². The van der Waals surface area contributed by atoms with E-state index in [0.29, 0.717) is 16.6 Å². The summed E-state index contributed by atoms with van der Waals surface area (Å²) >= 11 is 0. The summed E-state index contributed by atoms with van der Waals surface area (Å²) in [4.78, 5) is 18.6. The number of hydrogen-bond donors (Lipinski definition) is 4. The lowest BCUT2D eigenvalue weighted by Crippen LogP contribution is -2.36. The van der Waals surface area contributed by atoms with E-state index in [1.54, 1.807) is 23.1 Å². The maximum atomic E-state index is 12.1. The van der Waals surface area contributed by atoms with Crippen molar-refractivity contribution in [3.8, 4) is 11.8 Å². The first-order valence-corrected chi connectivity index (χ1v) is 6.63. The fourth-order valence-corrected chi connectivity index (χ4v) is 1.92. The predicted molar refractivity (Wildman–Crippen MR) is 80.2 cm³/mol. The molecule has 1 atom stereocenters. The quantitative estimate of drug-likeness (QED) is 0.448. The van der Waals surface area contributed by atoms with E-state index in [2.05, 4.69) is 27.1 Å². The summed E-state index contributed by atoms with van der Waals surface area (Å²) in [6.45, 7) is -0.476. The summed E-state index contributed by atoms with van der Waals surface area (Å²) in [6.07, 6.45) is -2.75. The summed E-state index contributed by atoms with van der Waals surface area (Å²) in [5, 5.41) is 4.90. The third kappa shape index (κ3) is 3.55. The van der Waals surface area contributed by atoms with Gasteiger partial charge in [0.15, 0.2) is 0 Å².